The van der Waals surface area contributed by atoms with Gasteiger partial charge in [-0.15, -0.1) is 0 Å². The largest absolute Gasteiger partial charge is 0.354 e. The predicted molar refractivity (Wildman–Crippen MR) is 91.4 cm³/mol. The van der Waals surface area contributed by atoms with Crippen molar-refractivity contribution < 1.29 is 4.39 Å². The first-order valence-corrected chi connectivity index (χ1v) is 7.72. The summed E-state index contributed by atoms with van der Waals surface area (Å²) in [4.78, 5) is 6.18. The molecule has 22 heavy (non-hydrogen) atoms. The van der Waals surface area contributed by atoms with Crippen LogP contribution in [0.15, 0.2) is 23.2 Å². The molecule has 0 bridgehead atoms. The zero-order valence-corrected chi connectivity index (χ0v) is 14.6. The molecule has 1 atom stereocenters. The van der Waals surface area contributed by atoms with E-state index in [0.717, 1.165) is 11.5 Å². The van der Waals surface area contributed by atoms with E-state index in [0.29, 0.717) is 30.6 Å². The fourth-order valence-electron chi connectivity index (χ4n) is 1.96. The molecular weight excluding hydrogens is 279 g/mol. The van der Waals surface area contributed by atoms with Crippen LogP contribution >= 0.6 is 0 Å². The number of aliphatic imine (C=N–C) groups is 1. The van der Waals surface area contributed by atoms with Crippen molar-refractivity contribution in [2.24, 2.45) is 10.9 Å². The van der Waals surface area contributed by atoms with Gasteiger partial charge in [0.15, 0.2) is 5.96 Å². The third-order valence-corrected chi connectivity index (χ3v) is 3.64. The van der Waals surface area contributed by atoms with Gasteiger partial charge in [-0.05, 0) is 44.6 Å². The van der Waals surface area contributed by atoms with Gasteiger partial charge in [-0.3, -0.25) is 4.99 Å². The van der Waals surface area contributed by atoms with Crippen LogP contribution in [0.4, 0.5) is 4.39 Å². The Morgan fingerprint density at radius 2 is 1.95 bits per heavy atom. The highest BCUT2D eigenvalue weighted by molar-refractivity contribution is 5.79. The maximum absolute atomic E-state index is 13.8. The van der Waals surface area contributed by atoms with E-state index in [1.807, 2.05) is 25.1 Å². The van der Waals surface area contributed by atoms with Gasteiger partial charge >= 0.3 is 0 Å². The van der Waals surface area contributed by atoms with Crippen molar-refractivity contribution in [2.75, 3.05) is 21.1 Å². The number of guanidine groups is 1. The van der Waals surface area contributed by atoms with Gasteiger partial charge in [0.1, 0.15) is 5.82 Å². The van der Waals surface area contributed by atoms with E-state index in [1.165, 1.54) is 6.07 Å². The summed E-state index contributed by atoms with van der Waals surface area (Å²) in [6.07, 6.45) is 0. The van der Waals surface area contributed by atoms with E-state index >= 15 is 0 Å². The molecule has 1 unspecified atom stereocenters. The second-order valence-corrected chi connectivity index (χ2v) is 6.27. The normalized spacial score (nSPS) is 13.6. The fourth-order valence-corrected chi connectivity index (χ4v) is 1.96. The SMILES string of the molecule is CN=C(NCc1ccc(F)c(CN(C)C)c1)NC(C)C(C)C. The molecule has 0 aliphatic heterocycles. The molecule has 124 valence electrons. The number of halogens is 1. The van der Waals surface area contributed by atoms with Crippen LogP contribution in [0.2, 0.25) is 0 Å². The first-order chi connectivity index (χ1) is 10.3. The van der Waals surface area contributed by atoms with E-state index in [-0.39, 0.29) is 5.82 Å². The molecule has 0 spiro atoms. The molecule has 1 aromatic rings. The van der Waals surface area contributed by atoms with Crippen molar-refractivity contribution in [1.82, 2.24) is 15.5 Å². The topological polar surface area (TPSA) is 39.7 Å². The van der Waals surface area contributed by atoms with Gasteiger partial charge in [0.2, 0.25) is 0 Å². The van der Waals surface area contributed by atoms with E-state index in [4.69, 9.17) is 0 Å². The van der Waals surface area contributed by atoms with Gasteiger partial charge in [0, 0.05) is 31.7 Å². The molecule has 0 amide bonds. The standard InChI is InChI=1S/C17H29FN4/c1-12(2)13(3)21-17(19-4)20-10-14-7-8-16(18)15(9-14)11-22(5)6/h7-9,12-13H,10-11H2,1-6H3,(H2,19,20,21). The van der Waals surface area contributed by atoms with Gasteiger partial charge in [-0.2, -0.15) is 0 Å². The highest BCUT2D eigenvalue weighted by atomic mass is 19.1. The molecule has 1 rings (SSSR count). The maximum atomic E-state index is 13.8. The third-order valence-electron chi connectivity index (χ3n) is 3.64. The average Bonchev–Trinajstić information content (AvgIpc) is 2.45. The Bertz CT molecular complexity index is 497. The molecule has 0 fully saturated rings. The van der Waals surface area contributed by atoms with Gasteiger partial charge < -0.3 is 15.5 Å². The lowest BCUT2D eigenvalue weighted by Gasteiger charge is -2.21. The molecule has 0 radical (unpaired) electrons. The molecule has 0 saturated carbocycles. The Labute approximate surface area is 133 Å². The predicted octanol–water partition coefficient (Wildman–Crippen LogP) is 2.60. The van der Waals surface area contributed by atoms with Gasteiger partial charge in [-0.25, -0.2) is 4.39 Å². The number of hydrogen-bond donors (Lipinski definition) is 2. The summed E-state index contributed by atoms with van der Waals surface area (Å²) >= 11 is 0. The Hall–Kier alpha value is -1.62. The smallest absolute Gasteiger partial charge is 0.191 e. The first kappa shape index (κ1) is 18.4. The summed E-state index contributed by atoms with van der Waals surface area (Å²) in [5, 5.41) is 6.63. The van der Waals surface area contributed by atoms with E-state index < -0.39 is 0 Å². The van der Waals surface area contributed by atoms with Crippen molar-refractivity contribution in [3.63, 3.8) is 0 Å². The van der Waals surface area contributed by atoms with Crippen LogP contribution < -0.4 is 10.6 Å². The van der Waals surface area contributed by atoms with Crippen LogP contribution in [0.1, 0.15) is 31.9 Å². The van der Waals surface area contributed by atoms with Crippen LogP contribution in [-0.4, -0.2) is 38.0 Å². The average molecular weight is 308 g/mol. The van der Waals surface area contributed by atoms with E-state index in [2.05, 4.69) is 36.4 Å². The molecule has 1 aromatic carbocycles. The molecule has 0 saturated heterocycles. The highest BCUT2D eigenvalue weighted by Gasteiger charge is 2.09. The van der Waals surface area contributed by atoms with E-state index in [1.54, 1.807) is 13.1 Å². The molecule has 0 aromatic heterocycles. The van der Waals surface area contributed by atoms with Crippen molar-refractivity contribution in [3.05, 3.63) is 35.1 Å². The summed E-state index contributed by atoms with van der Waals surface area (Å²) in [5.41, 5.74) is 1.75. The van der Waals surface area contributed by atoms with Crippen LogP contribution in [0, 0.1) is 11.7 Å². The van der Waals surface area contributed by atoms with Crippen molar-refractivity contribution in [3.8, 4) is 0 Å². The summed E-state index contributed by atoms with van der Waals surface area (Å²) in [6.45, 7) is 7.67. The second kappa shape index (κ2) is 8.73. The second-order valence-electron chi connectivity index (χ2n) is 6.27. The summed E-state index contributed by atoms with van der Waals surface area (Å²) < 4.78 is 13.8. The van der Waals surface area contributed by atoms with Crippen molar-refractivity contribution >= 4 is 5.96 Å². The molecule has 0 aliphatic rings. The zero-order valence-electron chi connectivity index (χ0n) is 14.6. The van der Waals surface area contributed by atoms with Crippen LogP contribution in [0.25, 0.3) is 0 Å². The molecule has 5 heteroatoms. The molecule has 2 N–H and O–H groups in total. The third kappa shape index (κ3) is 6.02. The Balaban J connectivity index is 2.67. The highest BCUT2D eigenvalue weighted by Crippen LogP contribution is 2.12. The molecule has 4 nitrogen and oxygen atoms in total. The Kier molecular flexibility index (Phi) is 7.32. The zero-order chi connectivity index (χ0) is 16.7. The molecular formula is C17H29FN4. The van der Waals surface area contributed by atoms with Crippen molar-refractivity contribution in [1.29, 1.82) is 0 Å². The minimum Gasteiger partial charge on any atom is -0.354 e. The van der Waals surface area contributed by atoms with Gasteiger partial charge in [0.05, 0.1) is 0 Å². The molecule has 0 aliphatic carbocycles. The number of rotatable bonds is 6. The minimum absolute atomic E-state index is 0.159. The van der Waals surface area contributed by atoms with Gasteiger partial charge in [-0.1, -0.05) is 19.9 Å². The monoisotopic (exact) mass is 308 g/mol. The van der Waals surface area contributed by atoms with Crippen molar-refractivity contribution in [2.45, 2.75) is 39.9 Å². The lowest BCUT2D eigenvalue weighted by atomic mass is 10.1. The molecule has 0 heterocycles. The Morgan fingerprint density at radius 1 is 1.27 bits per heavy atom. The summed E-state index contributed by atoms with van der Waals surface area (Å²) in [7, 11) is 5.62. The van der Waals surface area contributed by atoms with Gasteiger partial charge in [0.25, 0.3) is 0 Å². The van der Waals surface area contributed by atoms with Crippen LogP contribution in [0.3, 0.4) is 0 Å². The lowest BCUT2D eigenvalue weighted by Crippen LogP contribution is -2.43. The number of hydrogen-bond acceptors (Lipinski definition) is 2. The Morgan fingerprint density at radius 3 is 2.50 bits per heavy atom. The number of benzene rings is 1. The number of nitrogens with zero attached hydrogens (tertiary/aromatic N) is 2. The summed E-state index contributed by atoms with van der Waals surface area (Å²) in [5.74, 6) is 1.13. The minimum atomic E-state index is -0.159. The van der Waals surface area contributed by atoms with E-state index in [9.17, 15) is 4.39 Å². The van der Waals surface area contributed by atoms with Crippen LogP contribution in [-0.2, 0) is 13.1 Å². The summed E-state index contributed by atoms with van der Waals surface area (Å²) in [6, 6.07) is 5.58. The lowest BCUT2D eigenvalue weighted by molar-refractivity contribution is 0.392. The van der Waals surface area contributed by atoms with Crippen LogP contribution in [0.5, 0.6) is 0 Å². The maximum Gasteiger partial charge on any atom is 0.191 e. The first-order valence-electron chi connectivity index (χ1n) is 7.72. The quantitative estimate of drug-likeness (QED) is 0.627. The number of nitrogens with one attached hydrogen (secondary N) is 2. The fraction of sp³-hybridized carbons (Fsp3) is 0.588.